The predicted molar refractivity (Wildman–Crippen MR) is 69.5 cm³/mol. The zero-order chi connectivity index (χ0) is 13.2. The van der Waals surface area contributed by atoms with E-state index in [2.05, 4.69) is 10.3 Å². The third-order valence-corrected chi connectivity index (χ3v) is 3.42. The number of anilines is 1. The highest BCUT2D eigenvalue weighted by Gasteiger charge is 2.36. The topological polar surface area (TPSA) is 65.5 Å². The van der Waals surface area contributed by atoms with Crippen LogP contribution in [0.15, 0.2) is 18.3 Å². The van der Waals surface area contributed by atoms with Crippen LogP contribution in [-0.4, -0.2) is 47.1 Å². The monoisotopic (exact) mass is 249 g/mol. The van der Waals surface area contributed by atoms with Gasteiger partial charge in [-0.25, -0.2) is 4.98 Å². The molecule has 1 aromatic rings. The minimum absolute atomic E-state index is 0.0606. The molecule has 1 amide bonds. The van der Waals surface area contributed by atoms with Crippen LogP contribution in [0.1, 0.15) is 29.6 Å². The van der Waals surface area contributed by atoms with Gasteiger partial charge in [0.15, 0.2) is 0 Å². The first-order chi connectivity index (χ1) is 8.56. The number of hydrogen-bond donors (Lipinski definition) is 2. The summed E-state index contributed by atoms with van der Waals surface area (Å²) in [6, 6.07) is 3.54. The van der Waals surface area contributed by atoms with E-state index in [-0.39, 0.29) is 18.1 Å². The first-order valence-corrected chi connectivity index (χ1v) is 6.13. The molecule has 1 saturated carbocycles. The molecule has 5 heteroatoms. The van der Waals surface area contributed by atoms with Crippen molar-refractivity contribution in [1.29, 1.82) is 0 Å². The van der Waals surface area contributed by atoms with Crippen LogP contribution in [0.2, 0.25) is 0 Å². The van der Waals surface area contributed by atoms with Gasteiger partial charge in [-0.2, -0.15) is 0 Å². The Morgan fingerprint density at radius 1 is 1.50 bits per heavy atom. The van der Waals surface area contributed by atoms with Crippen molar-refractivity contribution in [3.05, 3.63) is 23.9 Å². The number of hydrogen-bond acceptors (Lipinski definition) is 4. The normalized spacial score (nSPS) is 16.8. The van der Waals surface area contributed by atoms with Crippen LogP contribution < -0.4 is 5.32 Å². The van der Waals surface area contributed by atoms with Crippen molar-refractivity contribution in [3.8, 4) is 0 Å². The number of nitrogens with one attached hydrogen (secondary N) is 1. The lowest BCUT2D eigenvalue weighted by Crippen LogP contribution is -2.48. The van der Waals surface area contributed by atoms with Gasteiger partial charge < -0.3 is 15.3 Å². The van der Waals surface area contributed by atoms with E-state index in [1.165, 1.54) is 4.90 Å². The fraction of sp³-hybridized carbons (Fsp3) is 0.538. The molecule has 5 nitrogen and oxygen atoms in total. The highest BCUT2D eigenvalue weighted by molar-refractivity contribution is 5.93. The van der Waals surface area contributed by atoms with Gasteiger partial charge in [-0.15, -0.1) is 0 Å². The van der Waals surface area contributed by atoms with E-state index < -0.39 is 0 Å². The summed E-state index contributed by atoms with van der Waals surface area (Å²) in [5.41, 5.74) is 0.359. The van der Waals surface area contributed by atoms with Gasteiger partial charge in [0.25, 0.3) is 5.91 Å². The van der Waals surface area contributed by atoms with E-state index in [9.17, 15) is 9.90 Å². The predicted octanol–water partition coefficient (Wildman–Crippen LogP) is 1.11. The molecule has 0 spiro atoms. The third kappa shape index (κ3) is 2.46. The number of nitrogens with zero attached hydrogens (tertiary/aromatic N) is 2. The molecule has 0 unspecified atom stereocenters. The largest absolute Gasteiger partial charge is 0.394 e. The molecular weight excluding hydrogens is 230 g/mol. The summed E-state index contributed by atoms with van der Waals surface area (Å²) >= 11 is 0. The maximum atomic E-state index is 11.7. The molecule has 0 bridgehead atoms. The van der Waals surface area contributed by atoms with Crippen LogP contribution >= 0.6 is 0 Å². The van der Waals surface area contributed by atoms with Gasteiger partial charge in [0, 0.05) is 20.3 Å². The quantitative estimate of drug-likeness (QED) is 0.839. The van der Waals surface area contributed by atoms with Crippen molar-refractivity contribution in [2.45, 2.75) is 24.8 Å². The molecule has 1 aliphatic carbocycles. The molecule has 1 heterocycles. The average Bonchev–Trinajstić information content (AvgIpc) is 2.33. The van der Waals surface area contributed by atoms with Crippen LogP contribution in [0, 0.1) is 0 Å². The fourth-order valence-corrected chi connectivity index (χ4v) is 2.05. The van der Waals surface area contributed by atoms with Gasteiger partial charge in [0.05, 0.1) is 17.7 Å². The van der Waals surface area contributed by atoms with Gasteiger partial charge in [0.1, 0.15) is 5.82 Å². The Labute approximate surface area is 107 Å². The minimum Gasteiger partial charge on any atom is -0.394 e. The summed E-state index contributed by atoms with van der Waals surface area (Å²) in [6.07, 6.45) is 4.62. The lowest BCUT2D eigenvalue weighted by atomic mass is 9.77. The second-order valence-corrected chi connectivity index (χ2v) is 5.05. The number of aliphatic hydroxyl groups excluding tert-OH is 1. The Morgan fingerprint density at radius 2 is 2.22 bits per heavy atom. The molecule has 0 aromatic carbocycles. The average molecular weight is 249 g/mol. The van der Waals surface area contributed by atoms with Crippen LogP contribution in [-0.2, 0) is 0 Å². The van der Waals surface area contributed by atoms with Gasteiger partial charge in [-0.3, -0.25) is 4.79 Å². The van der Waals surface area contributed by atoms with Crippen molar-refractivity contribution in [1.82, 2.24) is 9.88 Å². The first kappa shape index (κ1) is 12.8. The smallest absolute Gasteiger partial charge is 0.254 e. The lowest BCUT2D eigenvalue weighted by molar-refractivity contribution is 0.0827. The minimum atomic E-state index is -0.208. The number of rotatable bonds is 4. The molecule has 2 rings (SSSR count). The summed E-state index contributed by atoms with van der Waals surface area (Å²) in [4.78, 5) is 17.4. The fourth-order valence-electron chi connectivity index (χ4n) is 2.05. The van der Waals surface area contributed by atoms with Crippen molar-refractivity contribution < 1.29 is 9.90 Å². The number of pyridine rings is 1. The summed E-state index contributed by atoms with van der Waals surface area (Å²) in [5, 5.41) is 12.6. The number of aromatic nitrogens is 1. The summed E-state index contributed by atoms with van der Waals surface area (Å²) in [6.45, 7) is 0.118. The van der Waals surface area contributed by atoms with Gasteiger partial charge in [-0.1, -0.05) is 0 Å². The van der Waals surface area contributed by atoms with E-state index in [0.29, 0.717) is 11.4 Å². The molecule has 1 aliphatic rings. The van der Waals surface area contributed by atoms with E-state index in [1.54, 1.807) is 32.4 Å². The Balaban J connectivity index is 2.06. The van der Waals surface area contributed by atoms with Crippen molar-refractivity contribution in [2.75, 3.05) is 26.0 Å². The van der Waals surface area contributed by atoms with E-state index >= 15 is 0 Å². The maximum absolute atomic E-state index is 11.7. The Bertz CT molecular complexity index is 419. The summed E-state index contributed by atoms with van der Waals surface area (Å²) in [5.74, 6) is 0.647. The lowest BCUT2D eigenvalue weighted by Gasteiger charge is -2.41. The Hall–Kier alpha value is -1.62. The number of carbonyl (C=O) groups excluding carboxylic acids is 1. The third-order valence-electron chi connectivity index (χ3n) is 3.42. The van der Waals surface area contributed by atoms with Crippen LogP contribution in [0.25, 0.3) is 0 Å². The molecule has 2 N–H and O–H groups in total. The Kier molecular flexibility index (Phi) is 3.52. The number of carbonyl (C=O) groups is 1. The highest BCUT2D eigenvalue weighted by Crippen LogP contribution is 2.34. The Morgan fingerprint density at radius 3 is 2.61 bits per heavy atom. The molecule has 0 aliphatic heterocycles. The summed E-state index contributed by atoms with van der Waals surface area (Å²) < 4.78 is 0. The van der Waals surface area contributed by atoms with E-state index in [1.807, 2.05) is 0 Å². The zero-order valence-electron chi connectivity index (χ0n) is 10.8. The molecule has 0 atom stereocenters. The van der Waals surface area contributed by atoms with E-state index in [4.69, 9.17) is 0 Å². The molecule has 1 aromatic heterocycles. The second kappa shape index (κ2) is 4.94. The maximum Gasteiger partial charge on any atom is 0.254 e. The van der Waals surface area contributed by atoms with Crippen LogP contribution in [0.5, 0.6) is 0 Å². The molecule has 18 heavy (non-hydrogen) atoms. The van der Waals surface area contributed by atoms with Gasteiger partial charge in [-0.05, 0) is 31.4 Å². The van der Waals surface area contributed by atoms with Crippen molar-refractivity contribution >= 4 is 11.7 Å². The van der Waals surface area contributed by atoms with Crippen LogP contribution in [0.3, 0.4) is 0 Å². The van der Waals surface area contributed by atoms with Crippen molar-refractivity contribution in [2.24, 2.45) is 0 Å². The zero-order valence-corrected chi connectivity index (χ0v) is 10.8. The summed E-state index contributed by atoms with van der Waals surface area (Å²) in [7, 11) is 3.42. The van der Waals surface area contributed by atoms with Gasteiger partial charge >= 0.3 is 0 Å². The van der Waals surface area contributed by atoms with Gasteiger partial charge in [0.2, 0.25) is 0 Å². The van der Waals surface area contributed by atoms with E-state index in [0.717, 1.165) is 19.3 Å². The molecule has 98 valence electrons. The molecule has 0 saturated heterocycles. The SMILES string of the molecule is CN(C)C(=O)c1ccc(NC2(CO)CCC2)nc1. The first-order valence-electron chi connectivity index (χ1n) is 6.13. The standard InChI is InChI=1S/C13H19N3O2/c1-16(2)12(18)10-4-5-11(14-8-10)15-13(9-17)6-3-7-13/h4-5,8,17H,3,6-7,9H2,1-2H3,(H,14,15). The highest BCUT2D eigenvalue weighted by atomic mass is 16.3. The molecular formula is C13H19N3O2. The number of amides is 1. The van der Waals surface area contributed by atoms with Crippen LogP contribution in [0.4, 0.5) is 5.82 Å². The molecule has 0 radical (unpaired) electrons. The number of aliphatic hydroxyl groups is 1. The van der Waals surface area contributed by atoms with Crippen molar-refractivity contribution in [3.63, 3.8) is 0 Å². The molecule has 1 fully saturated rings. The second-order valence-electron chi connectivity index (χ2n) is 5.05.